The van der Waals surface area contributed by atoms with E-state index in [-0.39, 0.29) is 12.4 Å². The minimum atomic E-state index is -0.263. The Morgan fingerprint density at radius 1 is 1.53 bits per heavy atom. The standard InChI is InChI=1S/C12H15BrClNO2/c1-17-12(16)8-9-3-4-11(10(14)7-9)15-6-2-5-13/h3-4,7,15H,2,5-6,8H2,1H3. The molecule has 0 heterocycles. The summed E-state index contributed by atoms with van der Waals surface area (Å²) >= 11 is 9.47. The fourth-order valence-corrected chi connectivity index (χ4v) is 1.89. The lowest BCUT2D eigenvalue weighted by atomic mass is 10.1. The third-order valence-corrected chi connectivity index (χ3v) is 3.11. The Labute approximate surface area is 115 Å². The van der Waals surface area contributed by atoms with Gasteiger partial charge in [-0.25, -0.2) is 0 Å². The summed E-state index contributed by atoms with van der Waals surface area (Å²) in [6, 6.07) is 5.54. The van der Waals surface area contributed by atoms with Crippen LogP contribution >= 0.6 is 27.5 Å². The molecular formula is C12H15BrClNO2. The van der Waals surface area contributed by atoms with Crippen molar-refractivity contribution in [2.75, 3.05) is 24.3 Å². The van der Waals surface area contributed by atoms with Gasteiger partial charge in [0, 0.05) is 11.9 Å². The zero-order chi connectivity index (χ0) is 12.7. The van der Waals surface area contributed by atoms with Crippen molar-refractivity contribution in [2.24, 2.45) is 0 Å². The van der Waals surface area contributed by atoms with E-state index in [1.807, 2.05) is 12.1 Å². The van der Waals surface area contributed by atoms with Crippen molar-refractivity contribution in [1.82, 2.24) is 0 Å². The Kier molecular flexibility index (Phi) is 6.37. The van der Waals surface area contributed by atoms with Crippen LogP contribution in [0.3, 0.4) is 0 Å². The molecule has 0 spiro atoms. The zero-order valence-electron chi connectivity index (χ0n) is 9.63. The number of anilines is 1. The molecule has 0 unspecified atom stereocenters. The number of hydrogen-bond acceptors (Lipinski definition) is 3. The Morgan fingerprint density at radius 3 is 2.88 bits per heavy atom. The lowest BCUT2D eigenvalue weighted by Crippen LogP contribution is -2.06. The molecule has 1 aromatic rings. The number of carbonyl (C=O) groups is 1. The van der Waals surface area contributed by atoms with E-state index in [0.29, 0.717) is 5.02 Å². The van der Waals surface area contributed by atoms with Crippen molar-refractivity contribution >= 4 is 39.2 Å². The number of ether oxygens (including phenoxy) is 1. The number of carbonyl (C=O) groups excluding carboxylic acids is 1. The van der Waals surface area contributed by atoms with Crippen molar-refractivity contribution in [3.63, 3.8) is 0 Å². The van der Waals surface area contributed by atoms with E-state index in [0.717, 1.165) is 29.5 Å². The van der Waals surface area contributed by atoms with Gasteiger partial charge in [0.25, 0.3) is 0 Å². The number of rotatable bonds is 6. The van der Waals surface area contributed by atoms with Gasteiger partial charge in [0.05, 0.1) is 24.2 Å². The molecule has 0 saturated heterocycles. The number of halogens is 2. The molecular weight excluding hydrogens is 305 g/mol. The van der Waals surface area contributed by atoms with Crippen LogP contribution in [0.4, 0.5) is 5.69 Å². The quantitative estimate of drug-likeness (QED) is 0.497. The highest BCUT2D eigenvalue weighted by atomic mass is 79.9. The summed E-state index contributed by atoms with van der Waals surface area (Å²) in [5.74, 6) is -0.263. The molecule has 17 heavy (non-hydrogen) atoms. The molecule has 0 fully saturated rings. The van der Waals surface area contributed by atoms with E-state index in [1.54, 1.807) is 6.07 Å². The Balaban J connectivity index is 2.62. The molecule has 0 atom stereocenters. The first kappa shape index (κ1) is 14.3. The summed E-state index contributed by atoms with van der Waals surface area (Å²) in [4.78, 5) is 11.1. The molecule has 5 heteroatoms. The summed E-state index contributed by atoms with van der Waals surface area (Å²) in [6.45, 7) is 0.862. The van der Waals surface area contributed by atoms with Gasteiger partial charge in [-0.15, -0.1) is 0 Å². The average molecular weight is 321 g/mol. The largest absolute Gasteiger partial charge is 0.469 e. The molecule has 3 nitrogen and oxygen atoms in total. The van der Waals surface area contributed by atoms with Gasteiger partial charge in [-0.05, 0) is 24.1 Å². The molecule has 0 aliphatic heterocycles. The maximum Gasteiger partial charge on any atom is 0.309 e. The second kappa shape index (κ2) is 7.56. The van der Waals surface area contributed by atoms with E-state index >= 15 is 0 Å². The summed E-state index contributed by atoms with van der Waals surface area (Å²) < 4.78 is 4.60. The second-order valence-electron chi connectivity index (χ2n) is 3.54. The van der Waals surface area contributed by atoms with Gasteiger partial charge in [0.15, 0.2) is 0 Å². The minimum Gasteiger partial charge on any atom is -0.469 e. The molecule has 0 saturated carbocycles. The maximum atomic E-state index is 11.1. The van der Waals surface area contributed by atoms with Gasteiger partial charge >= 0.3 is 5.97 Å². The van der Waals surface area contributed by atoms with Crippen molar-refractivity contribution in [1.29, 1.82) is 0 Å². The molecule has 94 valence electrons. The third kappa shape index (κ3) is 4.96. The Morgan fingerprint density at radius 2 is 2.29 bits per heavy atom. The summed E-state index contributed by atoms with van der Waals surface area (Å²) in [5, 5.41) is 4.81. The number of benzene rings is 1. The van der Waals surface area contributed by atoms with Gasteiger partial charge < -0.3 is 10.1 Å². The normalized spacial score (nSPS) is 10.1. The monoisotopic (exact) mass is 319 g/mol. The van der Waals surface area contributed by atoms with E-state index in [1.165, 1.54) is 7.11 Å². The predicted octanol–water partition coefficient (Wildman–Crippen LogP) is 3.25. The summed E-state index contributed by atoms with van der Waals surface area (Å²) in [6.07, 6.45) is 1.28. The molecule has 0 bridgehead atoms. The molecule has 1 aromatic carbocycles. The molecule has 0 aliphatic carbocycles. The fraction of sp³-hybridized carbons (Fsp3) is 0.417. The smallest absolute Gasteiger partial charge is 0.309 e. The van der Waals surface area contributed by atoms with Crippen LogP contribution in [0.2, 0.25) is 5.02 Å². The number of methoxy groups -OCH3 is 1. The lowest BCUT2D eigenvalue weighted by molar-refractivity contribution is -0.139. The Hall–Kier alpha value is -0.740. The topological polar surface area (TPSA) is 38.3 Å². The van der Waals surface area contributed by atoms with E-state index in [4.69, 9.17) is 11.6 Å². The lowest BCUT2D eigenvalue weighted by Gasteiger charge is -2.09. The highest BCUT2D eigenvalue weighted by molar-refractivity contribution is 9.09. The van der Waals surface area contributed by atoms with Crippen LogP contribution in [-0.4, -0.2) is 25.0 Å². The van der Waals surface area contributed by atoms with E-state index in [2.05, 4.69) is 26.0 Å². The van der Waals surface area contributed by atoms with Crippen LogP contribution < -0.4 is 5.32 Å². The van der Waals surface area contributed by atoms with E-state index < -0.39 is 0 Å². The van der Waals surface area contributed by atoms with Crippen LogP contribution in [0.1, 0.15) is 12.0 Å². The first-order valence-electron chi connectivity index (χ1n) is 5.32. The van der Waals surface area contributed by atoms with Crippen molar-refractivity contribution in [3.8, 4) is 0 Å². The predicted molar refractivity (Wildman–Crippen MR) is 74.1 cm³/mol. The third-order valence-electron chi connectivity index (χ3n) is 2.24. The second-order valence-corrected chi connectivity index (χ2v) is 4.74. The van der Waals surface area contributed by atoms with Gasteiger partial charge in [-0.2, -0.15) is 0 Å². The molecule has 0 aliphatic rings. The molecule has 1 rings (SSSR count). The van der Waals surface area contributed by atoms with Crippen LogP contribution in [0.15, 0.2) is 18.2 Å². The number of esters is 1. The van der Waals surface area contributed by atoms with Gasteiger partial charge in [-0.1, -0.05) is 33.6 Å². The summed E-state index contributed by atoms with van der Waals surface area (Å²) in [7, 11) is 1.38. The van der Waals surface area contributed by atoms with Crippen LogP contribution in [0, 0.1) is 0 Å². The van der Waals surface area contributed by atoms with Gasteiger partial charge in [-0.3, -0.25) is 4.79 Å². The highest BCUT2D eigenvalue weighted by Crippen LogP contribution is 2.23. The average Bonchev–Trinajstić information content (AvgIpc) is 2.32. The molecule has 0 amide bonds. The van der Waals surface area contributed by atoms with Gasteiger partial charge in [0.1, 0.15) is 0 Å². The molecule has 1 N–H and O–H groups in total. The number of hydrogen-bond donors (Lipinski definition) is 1. The van der Waals surface area contributed by atoms with Crippen molar-refractivity contribution in [2.45, 2.75) is 12.8 Å². The number of alkyl halides is 1. The van der Waals surface area contributed by atoms with Crippen LogP contribution in [0.25, 0.3) is 0 Å². The fourth-order valence-electron chi connectivity index (χ4n) is 1.34. The SMILES string of the molecule is COC(=O)Cc1ccc(NCCCBr)c(Cl)c1. The van der Waals surface area contributed by atoms with Crippen molar-refractivity contribution < 1.29 is 9.53 Å². The molecule has 0 aromatic heterocycles. The van der Waals surface area contributed by atoms with Crippen LogP contribution in [-0.2, 0) is 16.0 Å². The minimum absolute atomic E-state index is 0.248. The first-order valence-corrected chi connectivity index (χ1v) is 6.82. The Bertz CT molecular complexity index is 385. The van der Waals surface area contributed by atoms with Gasteiger partial charge in [0.2, 0.25) is 0 Å². The molecule has 0 radical (unpaired) electrons. The maximum absolute atomic E-state index is 11.1. The van der Waals surface area contributed by atoms with Crippen molar-refractivity contribution in [3.05, 3.63) is 28.8 Å². The highest BCUT2D eigenvalue weighted by Gasteiger charge is 2.05. The summed E-state index contributed by atoms with van der Waals surface area (Å²) in [5.41, 5.74) is 1.74. The first-order chi connectivity index (χ1) is 8.17. The van der Waals surface area contributed by atoms with Crippen LogP contribution in [0.5, 0.6) is 0 Å². The number of nitrogens with one attached hydrogen (secondary N) is 1. The van der Waals surface area contributed by atoms with E-state index in [9.17, 15) is 4.79 Å². The zero-order valence-corrected chi connectivity index (χ0v) is 12.0.